The fraction of sp³-hybridized carbons (Fsp3) is 0.111. The lowest BCUT2D eigenvalue weighted by Gasteiger charge is -2.13. The third-order valence-corrected chi connectivity index (χ3v) is 4.37. The number of benzene rings is 2. The number of amides is 1. The summed E-state index contributed by atoms with van der Waals surface area (Å²) in [5, 5.41) is 2.67. The van der Waals surface area contributed by atoms with Crippen LogP contribution in [0.4, 0.5) is 5.13 Å². The van der Waals surface area contributed by atoms with Crippen LogP contribution in [0.5, 0.6) is 0 Å². The lowest BCUT2D eigenvalue weighted by molar-refractivity contribution is 0.0993. The molecule has 0 atom stereocenters. The van der Waals surface area contributed by atoms with Crippen molar-refractivity contribution in [3.8, 4) is 11.3 Å². The highest BCUT2D eigenvalue weighted by molar-refractivity contribution is 7.14. The molecule has 3 rings (SSSR count). The highest BCUT2D eigenvalue weighted by Gasteiger charge is 2.16. The Bertz CT molecular complexity index is 778. The highest BCUT2D eigenvalue weighted by Crippen LogP contribution is 2.27. The van der Waals surface area contributed by atoms with E-state index in [9.17, 15) is 4.79 Å². The molecule has 0 fully saturated rings. The molecule has 0 radical (unpaired) electrons. The maximum Gasteiger partial charge on any atom is 0.259 e. The number of rotatable bonds is 3. The SMILES string of the molecule is Cc1ccc(C(=O)N(C)c2nc(-c3ccccc3)cs2)cc1. The third kappa shape index (κ3) is 2.92. The van der Waals surface area contributed by atoms with Crippen LogP contribution in [-0.2, 0) is 0 Å². The van der Waals surface area contributed by atoms with Crippen LogP contribution < -0.4 is 4.90 Å². The Kier molecular flexibility index (Phi) is 4.02. The summed E-state index contributed by atoms with van der Waals surface area (Å²) in [5.41, 5.74) is 3.76. The summed E-state index contributed by atoms with van der Waals surface area (Å²) >= 11 is 1.47. The lowest BCUT2D eigenvalue weighted by Crippen LogP contribution is -2.26. The van der Waals surface area contributed by atoms with E-state index in [0.29, 0.717) is 10.7 Å². The zero-order valence-corrected chi connectivity index (χ0v) is 13.3. The number of anilines is 1. The predicted molar refractivity (Wildman–Crippen MR) is 91.5 cm³/mol. The summed E-state index contributed by atoms with van der Waals surface area (Å²) in [6, 6.07) is 17.5. The Morgan fingerprint density at radius 3 is 2.41 bits per heavy atom. The molecule has 22 heavy (non-hydrogen) atoms. The second-order valence-electron chi connectivity index (χ2n) is 5.11. The molecule has 0 bridgehead atoms. The topological polar surface area (TPSA) is 33.2 Å². The highest BCUT2D eigenvalue weighted by atomic mass is 32.1. The predicted octanol–water partition coefficient (Wildman–Crippen LogP) is 4.40. The molecule has 0 spiro atoms. The first-order chi connectivity index (χ1) is 10.6. The largest absolute Gasteiger partial charge is 0.287 e. The van der Waals surface area contributed by atoms with Gasteiger partial charge in [-0.25, -0.2) is 4.98 Å². The first kappa shape index (κ1) is 14.5. The van der Waals surface area contributed by atoms with E-state index in [1.165, 1.54) is 11.3 Å². The zero-order valence-electron chi connectivity index (χ0n) is 12.5. The molecule has 1 amide bonds. The van der Waals surface area contributed by atoms with Gasteiger partial charge in [-0.3, -0.25) is 9.69 Å². The van der Waals surface area contributed by atoms with E-state index in [0.717, 1.165) is 16.8 Å². The molecular formula is C18H16N2OS. The Morgan fingerprint density at radius 1 is 1.05 bits per heavy atom. The molecule has 1 heterocycles. The molecule has 3 aromatic rings. The quantitative estimate of drug-likeness (QED) is 0.718. The van der Waals surface area contributed by atoms with E-state index in [2.05, 4.69) is 4.98 Å². The number of aryl methyl sites for hydroxylation is 1. The Balaban J connectivity index is 1.83. The van der Waals surface area contributed by atoms with Gasteiger partial charge in [0.05, 0.1) is 5.69 Å². The molecule has 0 aliphatic carbocycles. The average Bonchev–Trinajstić information content (AvgIpc) is 3.05. The standard InChI is InChI=1S/C18H16N2OS/c1-13-8-10-15(11-9-13)17(21)20(2)18-19-16(12-22-18)14-6-4-3-5-7-14/h3-12H,1-2H3. The fourth-order valence-corrected chi connectivity index (χ4v) is 2.93. The Hall–Kier alpha value is -2.46. The van der Waals surface area contributed by atoms with Crippen molar-refractivity contribution in [2.75, 3.05) is 11.9 Å². The second kappa shape index (κ2) is 6.12. The molecule has 0 aliphatic heterocycles. The van der Waals surface area contributed by atoms with Crippen molar-refractivity contribution in [1.82, 2.24) is 4.98 Å². The first-order valence-electron chi connectivity index (χ1n) is 7.01. The van der Waals surface area contributed by atoms with E-state index in [-0.39, 0.29) is 5.91 Å². The maximum atomic E-state index is 12.5. The van der Waals surface area contributed by atoms with Crippen LogP contribution in [0.1, 0.15) is 15.9 Å². The van der Waals surface area contributed by atoms with Crippen molar-refractivity contribution in [2.45, 2.75) is 6.92 Å². The molecule has 2 aromatic carbocycles. The van der Waals surface area contributed by atoms with Crippen LogP contribution in [0, 0.1) is 6.92 Å². The van der Waals surface area contributed by atoms with Gasteiger partial charge < -0.3 is 0 Å². The molecule has 0 saturated heterocycles. The summed E-state index contributed by atoms with van der Waals surface area (Å²) in [6.07, 6.45) is 0. The maximum absolute atomic E-state index is 12.5. The summed E-state index contributed by atoms with van der Waals surface area (Å²) in [4.78, 5) is 18.7. The number of aromatic nitrogens is 1. The first-order valence-corrected chi connectivity index (χ1v) is 7.89. The molecule has 0 N–H and O–H groups in total. The van der Waals surface area contributed by atoms with Gasteiger partial charge in [0, 0.05) is 23.6 Å². The van der Waals surface area contributed by atoms with Gasteiger partial charge in [0.1, 0.15) is 0 Å². The van der Waals surface area contributed by atoms with E-state index >= 15 is 0 Å². The molecule has 0 aliphatic rings. The van der Waals surface area contributed by atoms with Crippen molar-refractivity contribution < 1.29 is 4.79 Å². The van der Waals surface area contributed by atoms with Crippen molar-refractivity contribution in [3.63, 3.8) is 0 Å². The van der Waals surface area contributed by atoms with Crippen molar-refractivity contribution in [1.29, 1.82) is 0 Å². The van der Waals surface area contributed by atoms with Crippen LogP contribution in [0.2, 0.25) is 0 Å². The monoisotopic (exact) mass is 308 g/mol. The number of carbonyl (C=O) groups excluding carboxylic acids is 1. The van der Waals surface area contributed by atoms with Gasteiger partial charge >= 0.3 is 0 Å². The number of hydrogen-bond acceptors (Lipinski definition) is 3. The smallest absolute Gasteiger partial charge is 0.259 e. The zero-order chi connectivity index (χ0) is 15.5. The van der Waals surface area contributed by atoms with Crippen molar-refractivity contribution in [3.05, 3.63) is 71.1 Å². The molecule has 1 aromatic heterocycles. The van der Waals surface area contributed by atoms with Crippen molar-refractivity contribution in [2.24, 2.45) is 0 Å². The number of thiazole rings is 1. The second-order valence-corrected chi connectivity index (χ2v) is 5.95. The van der Waals surface area contributed by atoms with Gasteiger partial charge in [-0.2, -0.15) is 0 Å². The van der Waals surface area contributed by atoms with Crippen LogP contribution in [-0.4, -0.2) is 17.9 Å². The summed E-state index contributed by atoms with van der Waals surface area (Å²) in [6.45, 7) is 2.00. The van der Waals surface area contributed by atoms with Crippen LogP contribution in [0.3, 0.4) is 0 Å². The van der Waals surface area contributed by atoms with E-state index in [1.807, 2.05) is 66.9 Å². The fourth-order valence-electron chi connectivity index (χ4n) is 2.14. The summed E-state index contributed by atoms with van der Waals surface area (Å²) in [7, 11) is 1.76. The van der Waals surface area contributed by atoms with Gasteiger partial charge in [-0.1, -0.05) is 48.0 Å². The van der Waals surface area contributed by atoms with Gasteiger partial charge in [-0.05, 0) is 19.1 Å². The van der Waals surface area contributed by atoms with Crippen LogP contribution in [0.15, 0.2) is 60.0 Å². The molecule has 0 unspecified atom stereocenters. The van der Waals surface area contributed by atoms with E-state index in [4.69, 9.17) is 0 Å². The minimum atomic E-state index is -0.0473. The summed E-state index contributed by atoms with van der Waals surface area (Å²) < 4.78 is 0. The van der Waals surface area contributed by atoms with E-state index in [1.54, 1.807) is 11.9 Å². The van der Waals surface area contributed by atoms with Gasteiger partial charge in [0.15, 0.2) is 5.13 Å². The summed E-state index contributed by atoms with van der Waals surface area (Å²) in [5.74, 6) is -0.0473. The van der Waals surface area contributed by atoms with Gasteiger partial charge in [0.2, 0.25) is 0 Å². The minimum absolute atomic E-state index is 0.0473. The number of hydrogen-bond donors (Lipinski definition) is 0. The molecule has 0 saturated carbocycles. The minimum Gasteiger partial charge on any atom is -0.287 e. The molecule has 3 nitrogen and oxygen atoms in total. The van der Waals surface area contributed by atoms with Crippen LogP contribution in [0.25, 0.3) is 11.3 Å². The Labute approximate surface area is 133 Å². The molecule has 4 heteroatoms. The van der Waals surface area contributed by atoms with E-state index < -0.39 is 0 Å². The van der Waals surface area contributed by atoms with Crippen molar-refractivity contribution >= 4 is 22.4 Å². The number of nitrogens with zero attached hydrogens (tertiary/aromatic N) is 2. The number of carbonyl (C=O) groups is 1. The molecule has 110 valence electrons. The van der Waals surface area contributed by atoms with Gasteiger partial charge in [0.25, 0.3) is 5.91 Å². The van der Waals surface area contributed by atoms with Crippen LogP contribution >= 0.6 is 11.3 Å². The molecular weight excluding hydrogens is 292 g/mol. The average molecular weight is 308 g/mol. The third-order valence-electron chi connectivity index (χ3n) is 3.45. The lowest BCUT2D eigenvalue weighted by atomic mass is 10.1. The van der Waals surface area contributed by atoms with Gasteiger partial charge in [-0.15, -0.1) is 11.3 Å². The Morgan fingerprint density at radius 2 is 1.73 bits per heavy atom. The normalized spacial score (nSPS) is 10.5.